The molecular weight excluding hydrogens is 292 g/mol. The van der Waals surface area contributed by atoms with Crippen molar-refractivity contribution >= 4 is 5.91 Å². The lowest BCUT2D eigenvalue weighted by Gasteiger charge is -2.48. The van der Waals surface area contributed by atoms with Crippen LogP contribution in [0, 0.1) is 11.8 Å². The molecule has 3 atom stereocenters. The molecule has 5 heteroatoms. The van der Waals surface area contributed by atoms with Crippen LogP contribution in [0.1, 0.15) is 29.6 Å². The second-order valence-electron chi connectivity index (χ2n) is 7.01. The number of hydrogen-bond donors (Lipinski definition) is 1. The molecule has 23 heavy (non-hydrogen) atoms. The third-order valence-electron chi connectivity index (χ3n) is 5.49. The summed E-state index contributed by atoms with van der Waals surface area (Å²) in [5.74, 6) is 2.75. The Balaban J connectivity index is 1.38. The quantitative estimate of drug-likeness (QED) is 0.925. The number of fused-ring (bicyclic) bond motifs is 4. The summed E-state index contributed by atoms with van der Waals surface area (Å²) in [6.45, 7) is 3.09. The van der Waals surface area contributed by atoms with Crippen molar-refractivity contribution in [1.29, 1.82) is 0 Å². The zero-order valence-electron chi connectivity index (χ0n) is 13.6. The van der Waals surface area contributed by atoms with E-state index in [1.165, 1.54) is 25.8 Å². The van der Waals surface area contributed by atoms with E-state index in [2.05, 4.69) is 17.3 Å². The van der Waals surface area contributed by atoms with Gasteiger partial charge in [0.1, 0.15) is 13.2 Å². The second-order valence-corrected chi connectivity index (χ2v) is 7.01. The van der Waals surface area contributed by atoms with Gasteiger partial charge in [0.15, 0.2) is 11.5 Å². The average Bonchev–Trinajstić information content (AvgIpc) is 2.59. The summed E-state index contributed by atoms with van der Waals surface area (Å²) >= 11 is 0. The molecule has 0 spiro atoms. The predicted octanol–water partition coefficient (Wildman–Crippen LogP) is 1.92. The molecule has 2 saturated heterocycles. The van der Waals surface area contributed by atoms with Crippen molar-refractivity contribution in [2.24, 2.45) is 11.8 Å². The van der Waals surface area contributed by atoms with E-state index in [4.69, 9.17) is 9.47 Å². The first kappa shape index (κ1) is 14.8. The van der Waals surface area contributed by atoms with E-state index >= 15 is 0 Å². The van der Waals surface area contributed by atoms with Crippen molar-refractivity contribution in [2.45, 2.75) is 25.3 Å². The molecule has 2 bridgehead atoms. The summed E-state index contributed by atoms with van der Waals surface area (Å²) in [5.41, 5.74) is 0.642. The van der Waals surface area contributed by atoms with Crippen LogP contribution in [-0.4, -0.2) is 50.2 Å². The summed E-state index contributed by atoms with van der Waals surface area (Å²) in [4.78, 5) is 14.9. The van der Waals surface area contributed by atoms with Crippen molar-refractivity contribution < 1.29 is 14.3 Å². The summed E-state index contributed by atoms with van der Waals surface area (Å²) in [5, 5.41) is 3.12. The van der Waals surface area contributed by atoms with Crippen LogP contribution in [0.3, 0.4) is 0 Å². The number of amides is 1. The van der Waals surface area contributed by atoms with E-state index in [0.29, 0.717) is 36.5 Å². The maximum atomic E-state index is 12.4. The van der Waals surface area contributed by atoms with Crippen LogP contribution in [0.15, 0.2) is 18.2 Å². The van der Waals surface area contributed by atoms with Crippen molar-refractivity contribution in [3.63, 3.8) is 0 Å². The Hall–Kier alpha value is -1.75. The van der Waals surface area contributed by atoms with E-state index in [1.807, 2.05) is 12.1 Å². The van der Waals surface area contributed by atoms with Crippen LogP contribution >= 0.6 is 0 Å². The summed E-state index contributed by atoms with van der Waals surface area (Å²) in [6, 6.07) is 6.03. The molecule has 3 unspecified atom stereocenters. The molecule has 4 aliphatic rings. The van der Waals surface area contributed by atoms with Gasteiger partial charge in [-0.05, 0) is 56.3 Å². The zero-order valence-corrected chi connectivity index (χ0v) is 13.6. The fourth-order valence-corrected chi connectivity index (χ4v) is 4.36. The number of hydrogen-bond acceptors (Lipinski definition) is 4. The van der Waals surface area contributed by atoms with Gasteiger partial charge in [-0.25, -0.2) is 0 Å². The number of piperidine rings is 2. The number of rotatable bonds is 3. The summed E-state index contributed by atoms with van der Waals surface area (Å²) in [7, 11) is 2.21. The van der Waals surface area contributed by atoms with Gasteiger partial charge in [0.05, 0.1) is 0 Å². The highest BCUT2D eigenvalue weighted by Gasteiger charge is 2.38. The van der Waals surface area contributed by atoms with Gasteiger partial charge in [0.25, 0.3) is 5.91 Å². The van der Waals surface area contributed by atoms with E-state index < -0.39 is 0 Å². The summed E-state index contributed by atoms with van der Waals surface area (Å²) < 4.78 is 11.0. The molecule has 0 aromatic heterocycles. The van der Waals surface area contributed by atoms with Crippen molar-refractivity contribution in [3.05, 3.63) is 23.8 Å². The van der Waals surface area contributed by atoms with Gasteiger partial charge in [-0.2, -0.15) is 0 Å². The topological polar surface area (TPSA) is 50.8 Å². The molecule has 1 aliphatic carbocycles. The van der Waals surface area contributed by atoms with Gasteiger partial charge in [0.2, 0.25) is 0 Å². The van der Waals surface area contributed by atoms with Gasteiger partial charge >= 0.3 is 0 Å². The van der Waals surface area contributed by atoms with E-state index in [9.17, 15) is 4.79 Å². The Morgan fingerprint density at radius 1 is 1.26 bits per heavy atom. The Kier molecular flexibility index (Phi) is 3.89. The second kappa shape index (κ2) is 6.04. The minimum Gasteiger partial charge on any atom is -0.486 e. The smallest absolute Gasteiger partial charge is 0.251 e. The first-order valence-electron chi connectivity index (χ1n) is 8.59. The van der Waals surface area contributed by atoms with Crippen LogP contribution in [0.5, 0.6) is 11.5 Å². The SMILES string of the molecule is CN1CC2CCC1C(CNC(=O)c1ccc3c(c1)OCCO3)C2. The Morgan fingerprint density at radius 2 is 2.09 bits per heavy atom. The molecule has 1 N–H and O–H groups in total. The number of nitrogens with one attached hydrogen (secondary N) is 1. The van der Waals surface area contributed by atoms with Gasteiger partial charge in [-0.3, -0.25) is 4.79 Å². The van der Waals surface area contributed by atoms with Crippen molar-refractivity contribution in [2.75, 3.05) is 33.4 Å². The fourth-order valence-electron chi connectivity index (χ4n) is 4.36. The van der Waals surface area contributed by atoms with Crippen LogP contribution in [0.4, 0.5) is 0 Å². The first-order chi connectivity index (χ1) is 11.2. The molecule has 1 saturated carbocycles. The lowest BCUT2D eigenvalue weighted by Crippen LogP contribution is -2.53. The van der Waals surface area contributed by atoms with Crippen LogP contribution in [-0.2, 0) is 0 Å². The monoisotopic (exact) mass is 316 g/mol. The predicted molar refractivity (Wildman–Crippen MR) is 87.0 cm³/mol. The van der Waals surface area contributed by atoms with Crippen LogP contribution < -0.4 is 14.8 Å². The molecule has 3 heterocycles. The highest BCUT2D eigenvalue weighted by molar-refractivity contribution is 5.94. The van der Waals surface area contributed by atoms with Crippen LogP contribution in [0.2, 0.25) is 0 Å². The standard InChI is InChI=1S/C18H24N2O3/c1-20-11-12-2-4-15(20)14(8-12)10-19-18(21)13-3-5-16-17(9-13)23-7-6-22-16/h3,5,9,12,14-15H,2,4,6-8,10-11H2,1H3,(H,19,21). The maximum Gasteiger partial charge on any atom is 0.251 e. The Morgan fingerprint density at radius 3 is 2.87 bits per heavy atom. The number of carbonyl (C=O) groups excluding carboxylic acids is 1. The number of ether oxygens (including phenoxy) is 2. The number of benzene rings is 1. The Labute approximate surface area is 136 Å². The zero-order chi connectivity index (χ0) is 15.8. The minimum atomic E-state index is -0.0222. The van der Waals surface area contributed by atoms with Gasteiger partial charge in [0, 0.05) is 24.7 Å². The van der Waals surface area contributed by atoms with Gasteiger partial charge in [-0.1, -0.05) is 0 Å². The third-order valence-corrected chi connectivity index (χ3v) is 5.49. The third kappa shape index (κ3) is 2.90. The van der Waals surface area contributed by atoms with Gasteiger partial charge < -0.3 is 19.7 Å². The highest BCUT2D eigenvalue weighted by Crippen LogP contribution is 2.38. The van der Waals surface area contributed by atoms with Gasteiger partial charge in [-0.15, -0.1) is 0 Å². The summed E-state index contributed by atoms with van der Waals surface area (Å²) in [6.07, 6.45) is 3.86. The van der Waals surface area contributed by atoms with Crippen LogP contribution in [0.25, 0.3) is 0 Å². The first-order valence-corrected chi connectivity index (χ1v) is 8.59. The highest BCUT2D eigenvalue weighted by atomic mass is 16.6. The molecular formula is C18H24N2O3. The minimum absolute atomic E-state index is 0.0222. The molecule has 1 amide bonds. The van der Waals surface area contributed by atoms with Crippen molar-refractivity contribution in [3.8, 4) is 11.5 Å². The Bertz CT molecular complexity index is 604. The number of nitrogens with zero attached hydrogens (tertiary/aromatic N) is 1. The lowest BCUT2D eigenvalue weighted by molar-refractivity contribution is 0.0203. The normalized spacial score (nSPS) is 29.3. The molecule has 3 fully saturated rings. The molecule has 1 aromatic carbocycles. The largest absolute Gasteiger partial charge is 0.486 e. The maximum absolute atomic E-state index is 12.4. The fraction of sp³-hybridized carbons (Fsp3) is 0.611. The molecule has 1 aromatic rings. The lowest BCUT2D eigenvalue weighted by atomic mass is 9.73. The molecule has 5 rings (SSSR count). The molecule has 0 radical (unpaired) electrons. The van der Waals surface area contributed by atoms with E-state index in [1.54, 1.807) is 6.07 Å². The van der Waals surface area contributed by atoms with E-state index in [-0.39, 0.29) is 5.91 Å². The van der Waals surface area contributed by atoms with Crippen molar-refractivity contribution in [1.82, 2.24) is 10.2 Å². The molecule has 124 valence electrons. The van der Waals surface area contributed by atoms with E-state index in [0.717, 1.165) is 18.2 Å². The average molecular weight is 316 g/mol. The molecule has 3 aliphatic heterocycles. The molecule has 5 nitrogen and oxygen atoms in total. The number of carbonyl (C=O) groups is 1.